The number of halogens is 1. The monoisotopic (exact) mass is 1410 g/mol. The highest BCUT2D eigenvalue weighted by atomic mass is 79.9. The summed E-state index contributed by atoms with van der Waals surface area (Å²) < 4.78 is 12.3. The van der Waals surface area contributed by atoms with E-state index in [1.807, 2.05) is 36.4 Å². The molecule has 0 amide bonds. The van der Waals surface area contributed by atoms with Crippen LogP contribution >= 0.6 is 15.9 Å². The smallest absolute Gasteiger partial charge is 0.167 e. The third-order valence-electron chi connectivity index (χ3n) is 19.5. The molecule has 0 saturated heterocycles. The highest BCUT2D eigenvalue weighted by molar-refractivity contribution is 9.09. The molecular formula is C86H87BrN6O8. The van der Waals surface area contributed by atoms with E-state index in [4.69, 9.17) is 34.4 Å². The molecule has 14 rings (SSSR count). The minimum Gasteiger partial charge on any atom is -0.508 e. The van der Waals surface area contributed by atoms with Crippen molar-refractivity contribution in [1.82, 2.24) is 29.9 Å². The molecule has 12 aromatic carbocycles. The maximum atomic E-state index is 11.4. The highest BCUT2D eigenvalue weighted by Crippen LogP contribution is 2.44. The van der Waals surface area contributed by atoms with E-state index >= 15 is 0 Å². The molecule has 101 heavy (non-hydrogen) atoms. The van der Waals surface area contributed by atoms with Crippen molar-refractivity contribution in [3.05, 3.63) is 182 Å². The summed E-state index contributed by atoms with van der Waals surface area (Å²) in [6, 6.07) is 56.6. The first-order valence-corrected chi connectivity index (χ1v) is 36.7. The first-order chi connectivity index (χ1) is 49.2. The van der Waals surface area contributed by atoms with Crippen molar-refractivity contribution in [3.8, 4) is 114 Å². The Labute approximate surface area is 598 Å². The largest absolute Gasteiger partial charge is 0.508 e. The van der Waals surface area contributed by atoms with Gasteiger partial charge in [-0.05, 0) is 162 Å². The van der Waals surface area contributed by atoms with E-state index in [1.54, 1.807) is 24.3 Å². The van der Waals surface area contributed by atoms with E-state index < -0.39 is 0 Å². The van der Waals surface area contributed by atoms with E-state index in [2.05, 4.69) is 147 Å². The Kier molecular flexibility index (Phi) is 22.5. The average molecular weight is 1410 g/mol. The Morgan fingerprint density at radius 2 is 0.604 bits per heavy atom. The molecule has 516 valence electrons. The zero-order valence-corrected chi connectivity index (χ0v) is 59.8. The molecule has 6 N–H and O–H groups in total. The normalized spacial score (nSPS) is 12.4. The van der Waals surface area contributed by atoms with Gasteiger partial charge >= 0.3 is 0 Å². The van der Waals surface area contributed by atoms with Gasteiger partial charge in [0.25, 0.3) is 0 Å². The van der Waals surface area contributed by atoms with Crippen LogP contribution in [0.4, 0.5) is 0 Å². The van der Waals surface area contributed by atoms with Crippen molar-refractivity contribution < 1.29 is 40.1 Å². The van der Waals surface area contributed by atoms with E-state index in [0.717, 1.165) is 104 Å². The topological polar surface area (TPSA) is 217 Å². The number of hydrogen-bond donors (Lipinski definition) is 6. The van der Waals surface area contributed by atoms with Gasteiger partial charge < -0.3 is 40.1 Å². The first kappa shape index (κ1) is 70.5. The van der Waals surface area contributed by atoms with Crippen LogP contribution in [0.2, 0.25) is 0 Å². The highest BCUT2D eigenvalue weighted by Gasteiger charge is 2.24. The molecule has 2 heterocycles. The Balaban J connectivity index is 0.000000178. The number of rotatable bonds is 25. The molecule has 0 aliphatic carbocycles. The molecule has 0 aliphatic rings. The van der Waals surface area contributed by atoms with E-state index in [1.165, 1.54) is 96.4 Å². The summed E-state index contributed by atoms with van der Waals surface area (Å²) in [6.07, 6.45) is 14.4. The molecular weight excluding hydrogens is 1320 g/mol. The Morgan fingerprint density at radius 3 is 0.921 bits per heavy atom. The van der Waals surface area contributed by atoms with Crippen LogP contribution in [0.25, 0.3) is 133 Å². The van der Waals surface area contributed by atoms with Gasteiger partial charge in [0.1, 0.15) is 46.0 Å². The number of hydrogen-bond acceptors (Lipinski definition) is 14. The van der Waals surface area contributed by atoms with Crippen LogP contribution in [0.5, 0.6) is 46.0 Å². The average Bonchev–Trinajstić information content (AvgIpc) is 0.740. The molecule has 14 nitrogen and oxygen atoms in total. The van der Waals surface area contributed by atoms with Crippen molar-refractivity contribution in [2.45, 2.75) is 119 Å². The number of benzene rings is 12. The van der Waals surface area contributed by atoms with E-state index in [0.29, 0.717) is 82.1 Å². The van der Waals surface area contributed by atoms with Gasteiger partial charge in [0, 0.05) is 40.7 Å². The molecule has 0 aliphatic heterocycles. The second-order valence-electron chi connectivity index (χ2n) is 26.3. The molecule has 0 radical (unpaired) electrons. The number of phenolic OH excluding ortho intramolecular Hbond substituents is 6. The summed E-state index contributed by atoms with van der Waals surface area (Å²) in [5, 5.41) is 78.2. The standard InChI is InChI=1S/C47H51N3O4.C31H19N3O4.C8H17Br/c1-5-9-12-30(7-3)28-53-35-20-24-39(41(51)26-35)46-48-45(38-23-19-34-17-16-32-14-11-15-33-18-22-37(38)44(34)43(32)33)49-47(50-46)40-25-21-36(27-42(40)52)54-29-31(8-4)13-10-6-2;35-19-8-12-23(25(37)14-19)30-32-29(33-31(34-30)24-13-9-20(36)15-26(24)38)22-11-7-18-5-4-16-2-1-3-17-6-10-21(22)28(18)27(16)17;1-3-5-6-8(4-2)7-9/h11,14-27,30-31,51-52H,5-10,12-13,28-29H2,1-4H3;1-15,35-38H;8H,3-7H2,1-2H3. The van der Waals surface area contributed by atoms with Gasteiger partial charge in [-0.25, -0.2) is 29.9 Å². The van der Waals surface area contributed by atoms with Gasteiger partial charge in [0.2, 0.25) is 0 Å². The summed E-state index contributed by atoms with van der Waals surface area (Å²) in [5.74, 6) is 4.19. The molecule has 3 unspecified atom stereocenters. The zero-order chi connectivity index (χ0) is 70.7. The number of aromatic nitrogens is 6. The lowest BCUT2D eigenvalue weighted by molar-refractivity contribution is 0.232. The van der Waals surface area contributed by atoms with Gasteiger partial charge in [0.15, 0.2) is 34.9 Å². The Bertz CT molecular complexity index is 4990. The molecule has 0 spiro atoms. The predicted octanol–water partition coefficient (Wildman–Crippen LogP) is 22.6. The number of alkyl halides is 1. The van der Waals surface area contributed by atoms with Crippen molar-refractivity contribution >= 4 is 80.6 Å². The molecule has 14 aromatic rings. The van der Waals surface area contributed by atoms with Crippen molar-refractivity contribution in [1.29, 1.82) is 0 Å². The minimum absolute atomic E-state index is 0.00844. The van der Waals surface area contributed by atoms with Crippen molar-refractivity contribution in [2.24, 2.45) is 17.8 Å². The van der Waals surface area contributed by atoms with Crippen LogP contribution in [0, 0.1) is 17.8 Å². The van der Waals surface area contributed by atoms with Gasteiger partial charge in [-0.2, -0.15) is 0 Å². The third-order valence-corrected chi connectivity index (χ3v) is 20.4. The summed E-state index contributed by atoms with van der Waals surface area (Å²) in [7, 11) is 0. The maximum absolute atomic E-state index is 11.4. The minimum atomic E-state index is -0.196. The fourth-order valence-corrected chi connectivity index (χ4v) is 14.2. The number of aromatic hydroxyl groups is 6. The van der Waals surface area contributed by atoms with Crippen LogP contribution in [-0.4, -0.2) is 79.1 Å². The lowest BCUT2D eigenvalue weighted by atomic mass is 9.92. The van der Waals surface area contributed by atoms with E-state index in [9.17, 15) is 30.6 Å². The Hall–Kier alpha value is -10.4. The van der Waals surface area contributed by atoms with Crippen LogP contribution in [0.3, 0.4) is 0 Å². The van der Waals surface area contributed by atoms with Crippen LogP contribution < -0.4 is 9.47 Å². The molecule has 15 heteroatoms. The number of nitrogens with zero attached hydrogens (tertiary/aromatic N) is 6. The maximum Gasteiger partial charge on any atom is 0.167 e. The lowest BCUT2D eigenvalue weighted by Crippen LogP contribution is -2.11. The SMILES string of the molecule is CCCCC(CC)CBr.CCCCC(CC)COc1ccc(-c2nc(-c3ccc(OCC(CC)CCCC)cc3O)nc(-c3ccc4ccc5cccc6ccc3c4c56)n2)c(O)c1.Oc1ccc(-c2nc(-c3ccc(O)cc3O)nc(-c3ccc4ccc5cccc6ccc3c4c56)n2)c(O)c1. The molecule has 3 atom stereocenters. The number of unbranched alkanes of at least 4 members (excludes halogenated alkanes) is 3. The Morgan fingerprint density at radius 1 is 0.317 bits per heavy atom. The van der Waals surface area contributed by atoms with Gasteiger partial charge in [0.05, 0.1) is 35.5 Å². The quantitative estimate of drug-likeness (QED) is 0.0232. The lowest BCUT2D eigenvalue weighted by Gasteiger charge is -2.17. The van der Waals surface area contributed by atoms with Crippen LogP contribution in [-0.2, 0) is 0 Å². The van der Waals surface area contributed by atoms with Gasteiger partial charge in [-0.1, -0.05) is 212 Å². The fourth-order valence-electron chi connectivity index (χ4n) is 13.4. The summed E-state index contributed by atoms with van der Waals surface area (Å²) in [4.78, 5) is 28.8. The first-order valence-electron chi connectivity index (χ1n) is 35.6. The predicted molar refractivity (Wildman–Crippen MR) is 414 cm³/mol. The second-order valence-corrected chi connectivity index (χ2v) is 27.0. The van der Waals surface area contributed by atoms with Gasteiger partial charge in [-0.15, -0.1) is 0 Å². The van der Waals surface area contributed by atoms with Crippen LogP contribution in [0.1, 0.15) is 119 Å². The molecule has 0 fully saturated rings. The molecule has 2 aromatic heterocycles. The van der Waals surface area contributed by atoms with Crippen LogP contribution in [0.15, 0.2) is 182 Å². The summed E-state index contributed by atoms with van der Waals surface area (Å²) in [6.45, 7) is 14.5. The van der Waals surface area contributed by atoms with Gasteiger partial charge in [-0.3, -0.25) is 0 Å². The third kappa shape index (κ3) is 15.7. The molecule has 0 bridgehead atoms. The summed E-state index contributed by atoms with van der Waals surface area (Å²) in [5.41, 5.74) is 3.07. The van der Waals surface area contributed by atoms with Crippen molar-refractivity contribution in [2.75, 3.05) is 18.5 Å². The van der Waals surface area contributed by atoms with E-state index in [-0.39, 0.29) is 46.1 Å². The number of ether oxygens (including phenoxy) is 2. The number of phenols is 6. The molecule has 0 saturated carbocycles. The fraction of sp³-hybridized carbons (Fsp3) is 0.279. The summed E-state index contributed by atoms with van der Waals surface area (Å²) >= 11 is 3.51. The second kappa shape index (κ2) is 32.3. The zero-order valence-electron chi connectivity index (χ0n) is 58.2. The van der Waals surface area contributed by atoms with Crippen molar-refractivity contribution in [3.63, 3.8) is 0 Å².